The Morgan fingerprint density at radius 3 is 2.79 bits per heavy atom. The Morgan fingerprint density at radius 1 is 1.38 bits per heavy atom. The number of rotatable bonds is 3. The second-order valence-electron chi connectivity index (χ2n) is 6.72. The van der Waals surface area contributed by atoms with Crippen LogP contribution in [0.2, 0.25) is 0 Å². The minimum absolute atomic E-state index is 0. The molecule has 24 heavy (non-hydrogen) atoms. The molecule has 7 heteroatoms. The highest BCUT2D eigenvalue weighted by molar-refractivity contribution is 5.85. The van der Waals surface area contributed by atoms with Crippen LogP contribution in [0.5, 0.6) is 0 Å². The molecule has 0 spiro atoms. The Balaban J connectivity index is 0.00000144. The molecule has 0 aliphatic carbocycles. The average Bonchev–Trinajstić information content (AvgIpc) is 2.91. The third kappa shape index (κ3) is 4.70. The van der Waals surface area contributed by atoms with Crippen molar-refractivity contribution in [3.63, 3.8) is 0 Å². The van der Waals surface area contributed by atoms with Gasteiger partial charge in [0.05, 0.1) is 12.7 Å². The van der Waals surface area contributed by atoms with Gasteiger partial charge in [-0.05, 0) is 24.0 Å². The van der Waals surface area contributed by atoms with E-state index in [1.54, 1.807) is 12.3 Å². The highest BCUT2D eigenvalue weighted by atomic mass is 35.5. The number of hydrogen-bond donors (Lipinski definition) is 1. The van der Waals surface area contributed by atoms with Gasteiger partial charge in [-0.25, -0.2) is 9.37 Å². The summed E-state index contributed by atoms with van der Waals surface area (Å²) in [5, 5.41) is 0. The molecule has 0 saturated carbocycles. The first-order valence-corrected chi connectivity index (χ1v) is 7.63. The van der Waals surface area contributed by atoms with Crippen molar-refractivity contribution in [3.8, 4) is 11.3 Å². The predicted molar refractivity (Wildman–Crippen MR) is 98.0 cm³/mol. The minimum Gasteiger partial charge on any atom is -0.439 e. The summed E-state index contributed by atoms with van der Waals surface area (Å²) in [4.78, 5) is 6.63. The van der Waals surface area contributed by atoms with Crippen LogP contribution in [0.25, 0.3) is 11.3 Å². The number of halogens is 3. The monoisotopic (exact) mass is 375 g/mol. The fourth-order valence-corrected chi connectivity index (χ4v) is 2.97. The van der Waals surface area contributed by atoms with Crippen LogP contribution in [0.4, 0.5) is 4.39 Å². The number of benzene rings is 1. The van der Waals surface area contributed by atoms with Crippen LogP contribution in [-0.4, -0.2) is 29.0 Å². The van der Waals surface area contributed by atoms with Gasteiger partial charge in [-0.15, -0.1) is 24.8 Å². The molecule has 1 atom stereocenters. The molecular weight excluding hydrogens is 352 g/mol. The van der Waals surface area contributed by atoms with E-state index >= 15 is 0 Å². The Hall–Kier alpha value is -1.14. The molecule has 134 valence electrons. The summed E-state index contributed by atoms with van der Waals surface area (Å²) in [7, 11) is 0. The van der Waals surface area contributed by atoms with Crippen LogP contribution in [-0.2, 0) is 6.54 Å². The number of aromatic nitrogens is 1. The number of hydrogen-bond acceptors (Lipinski definition) is 4. The quantitative estimate of drug-likeness (QED) is 0.883. The first kappa shape index (κ1) is 20.9. The lowest BCUT2D eigenvalue weighted by molar-refractivity contribution is 0.0832. The van der Waals surface area contributed by atoms with E-state index in [4.69, 9.17) is 10.2 Å². The van der Waals surface area contributed by atoms with Crippen molar-refractivity contribution < 1.29 is 8.81 Å². The number of oxazole rings is 1. The van der Waals surface area contributed by atoms with Gasteiger partial charge in [0.15, 0.2) is 5.76 Å². The number of nitrogens with zero attached hydrogens (tertiary/aromatic N) is 2. The Morgan fingerprint density at radius 2 is 2.12 bits per heavy atom. The van der Waals surface area contributed by atoms with E-state index in [-0.39, 0.29) is 42.1 Å². The minimum atomic E-state index is -0.276. The number of likely N-dealkylation sites (tertiary alicyclic amines) is 1. The Bertz CT molecular complexity index is 663. The van der Waals surface area contributed by atoms with Crippen LogP contribution >= 0.6 is 24.8 Å². The van der Waals surface area contributed by atoms with E-state index < -0.39 is 0 Å². The van der Waals surface area contributed by atoms with E-state index in [1.807, 2.05) is 6.07 Å². The largest absolute Gasteiger partial charge is 0.439 e. The standard InChI is InChI=1S/C17H22FN3O.2ClH/c1-17(2)11-21(7-6-15(17)19)10-16-20-9-14(22-16)12-4-3-5-13(18)8-12;;/h3-5,8-9,15H,6-7,10-11,19H2,1-2H3;2*1H. The third-order valence-corrected chi connectivity index (χ3v) is 4.41. The van der Waals surface area contributed by atoms with E-state index in [0.29, 0.717) is 23.8 Å². The van der Waals surface area contributed by atoms with E-state index in [1.165, 1.54) is 12.1 Å². The molecule has 0 bridgehead atoms. The SMILES string of the molecule is CC1(C)CN(Cc2ncc(-c3cccc(F)c3)o2)CCC1N.Cl.Cl. The number of piperidine rings is 1. The van der Waals surface area contributed by atoms with Crippen molar-refractivity contribution in [2.75, 3.05) is 13.1 Å². The molecule has 1 aromatic carbocycles. The van der Waals surface area contributed by atoms with Gasteiger partial charge in [0.25, 0.3) is 0 Å². The fourth-order valence-electron chi connectivity index (χ4n) is 2.97. The third-order valence-electron chi connectivity index (χ3n) is 4.41. The van der Waals surface area contributed by atoms with Gasteiger partial charge in [0.2, 0.25) is 5.89 Å². The van der Waals surface area contributed by atoms with Crippen LogP contribution < -0.4 is 5.73 Å². The van der Waals surface area contributed by atoms with Crippen LogP contribution in [0.15, 0.2) is 34.9 Å². The molecule has 1 unspecified atom stereocenters. The van der Waals surface area contributed by atoms with E-state index in [9.17, 15) is 4.39 Å². The zero-order valence-corrected chi connectivity index (χ0v) is 15.5. The molecule has 1 fully saturated rings. The molecule has 0 amide bonds. The maximum Gasteiger partial charge on any atom is 0.209 e. The molecule has 2 N–H and O–H groups in total. The molecule has 2 heterocycles. The van der Waals surface area contributed by atoms with Crippen LogP contribution in [0, 0.1) is 11.2 Å². The molecule has 1 saturated heterocycles. The second kappa shape index (κ2) is 8.30. The summed E-state index contributed by atoms with van der Waals surface area (Å²) < 4.78 is 19.0. The average molecular weight is 376 g/mol. The van der Waals surface area contributed by atoms with Crippen molar-refractivity contribution in [1.29, 1.82) is 0 Å². The van der Waals surface area contributed by atoms with E-state index in [2.05, 4.69) is 23.7 Å². The van der Waals surface area contributed by atoms with Gasteiger partial charge >= 0.3 is 0 Å². The molecule has 0 radical (unpaired) electrons. The van der Waals surface area contributed by atoms with Crippen molar-refractivity contribution in [3.05, 3.63) is 42.2 Å². The lowest BCUT2D eigenvalue weighted by Crippen LogP contribution is -2.52. The summed E-state index contributed by atoms with van der Waals surface area (Å²) in [6.07, 6.45) is 2.63. The highest BCUT2D eigenvalue weighted by Gasteiger charge is 2.33. The van der Waals surface area contributed by atoms with Gasteiger partial charge in [-0.1, -0.05) is 26.0 Å². The van der Waals surface area contributed by atoms with Crippen molar-refractivity contribution in [2.45, 2.75) is 32.9 Å². The zero-order valence-electron chi connectivity index (χ0n) is 13.9. The van der Waals surface area contributed by atoms with Crippen molar-refractivity contribution in [2.24, 2.45) is 11.1 Å². The molecular formula is C17H24Cl2FN3O. The summed E-state index contributed by atoms with van der Waals surface area (Å²) in [6.45, 7) is 6.91. The first-order valence-electron chi connectivity index (χ1n) is 7.63. The van der Waals surface area contributed by atoms with Crippen LogP contribution in [0.3, 0.4) is 0 Å². The summed E-state index contributed by atoms with van der Waals surface area (Å²) >= 11 is 0. The van der Waals surface area contributed by atoms with Crippen molar-refractivity contribution in [1.82, 2.24) is 9.88 Å². The molecule has 1 aromatic heterocycles. The van der Waals surface area contributed by atoms with Gasteiger partial charge in [-0.2, -0.15) is 0 Å². The predicted octanol–water partition coefficient (Wildman–Crippen LogP) is 3.88. The summed E-state index contributed by atoms with van der Waals surface area (Å²) in [6, 6.07) is 6.58. The molecule has 2 aromatic rings. The molecule has 3 rings (SSSR count). The van der Waals surface area contributed by atoms with Gasteiger partial charge in [-0.3, -0.25) is 4.90 Å². The molecule has 1 aliphatic heterocycles. The van der Waals surface area contributed by atoms with Gasteiger partial charge in [0.1, 0.15) is 5.82 Å². The van der Waals surface area contributed by atoms with Gasteiger partial charge < -0.3 is 10.2 Å². The Kier molecular flexibility index (Phi) is 7.23. The lowest BCUT2D eigenvalue weighted by atomic mass is 9.80. The zero-order chi connectivity index (χ0) is 15.7. The van der Waals surface area contributed by atoms with Crippen molar-refractivity contribution >= 4 is 24.8 Å². The first-order chi connectivity index (χ1) is 10.4. The van der Waals surface area contributed by atoms with Gasteiger partial charge in [0, 0.05) is 24.7 Å². The fraction of sp³-hybridized carbons (Fsp3) is 0.471. The Labute approximate surface area is 154 Å². The maximum absolute atomic E-state index is 13.3. The van der Waals surface area contributed by atoms with Crippen LogP contribution in [0.1, 0.15) is 26.2 Å². The molecule has 1 aliphatic rings. The molecule has 4 nitrogen and oxygen atoms in total. The second-order valence-corrected chi connectivity index (χ2v) is 6.72. The normalized spacial score (nSPS) is 20.1. The lowest BCUT2D eigenvalue weighted by Gasteiger charge is -2.42. The topological polar surface area (TPSA) is 55.3 Å². The van der Waals surface area contributed by atoms with E-state index in [0.717, 1.165) is 19.5 Å². The summed E-state index contributed by atoms with van der Waals surface area (Å²) in [5.41, 5.74) is 6.96. The smallest absolute Gasteiger partial charge is 0.209 e. The summed E-state index contributed by atoms with van der Waals surface area (Å²) in [5.74, 6) is 0.982. The maximum atomic E-state index is 13.3. The number of nitrogens with two attached hydrogens (primary N) is 1. The highest BCUT2D eigenvalue weighted by Crippen LogP contribution is 2.29.